The van der Waals surface area contributed by atoms with Gasteiger partial charge in [-0.1, -0.05) is 36.4 Å². The third kappa shape index (κ3) is 2.75. The SMILES string of the molecule is CNCc1cccc(-c2cn(-c3ccccc3)c3nc[nH]c(=O)c23)c1. The molecule has 0 spiro atoms. The van der Waals surface area contributed by atoms with Gasteiger partial charge in [-0.25, -0.2) is 4.98 Å². The predicted octanol–water partition coefficient (Wildman–Crippen LogP) is 3.10. The van der Waals surface area contributed by atoms with E-state index in [9.17, 15) is 4.79 Å². The molecule has 0 atom stereocenters. The van der Waals surface area contributed by atoms with Crippen LogP contribution < -0.4 is 10.9 Å². The van der Waals surface area contributed by atoms with Crippen molar-refractivity contribution in [1.29, 1.82) is 0 Å². The van der Waals surface area contributed by atoms with E-state index in [1.807, 2.05) is 60.3 Å². The van der Waals surface area contributed by atoms with Gasteiger partial charge in [0.2, 0.25) is 0 Å². The molecule has 0 aliphatic rings. The van der Waals surface area contributed by atoms with Crippen molar-refractivity contribution in [3.05, 3.63) is 83.0 Å². The Morgan fingerprint density at radius 3 is 2.76 bits per heavy atom. The van der Waals surface area contributed by atoms with Crippen molar-refractivity contribution in [2.75, 3.05) is 7.05 Å². The van der Waals surface area contributed by atoms with Crippen LogP contribution in [0.4, 0.5) is 0 Å². The molecule has 0 aliphatic carbocycles. The van der Waals surface area contributed by atoms with Crippen LogP contribution in [0.5, 0.6) is 0 Å². The van der Waals surface area contributed by atoms with Gasteiger partial charge in [-0.3, -0.25) is 4.79 Å². The summed E-state index contributed by atoms with van der Waals surface area (Å²) in [6.07, 6.45) is 3.44. The first kappa shape index (κ1) is 15.4. The molecule has 4 rings (SSSR count). The topological polar surface area (TPSA) is 62.7 Å². The van der Waals surface area contributed by atoms with Gasteiger partial charge in [-0.15, -0.1) is 0 Å². The average Bonchev–Trinajstić information content (AvgIpc) is 3.04. The number of aromatic nitrogens is 3. The molecule has 25 heavy (non-hydrogen) atoms. The normalized spacial score (nSPS) is 11.1. The summed E-state index contributed by atoms with van der Waals surface area (Å²) in [5.41, 5.74) is 4.55. The number of para-hydroxylation sites is 1. The Balaban J connectivity index is 1.99. The molecular formula is C20H18N4O. The first-order chi connectivity index (χ1) is 12.3. The fourth-order valence-corrected chi connectivity index (χ4v) is 3.13. The molecule has 0 saturated heterocycles. The van der Waals surface area contributed by atoms with Crippen molar-refractivity contribution < 1.29 is 0 Å². The first-order valence-electron chi connectivity index (χ1n) is 8.16. The summed E-state index contributed by atoms with van der Waals surface area (Å²) < 4.78 is 1.96. The van der Waals surface area contributed by atoms with E-state index in [0.717, 1.165) is 23.4 Å². The zero-order valence-electron chi connectivity index (χ0n) is 13.9. The Morgan fingerprint density at radius 2 is 1.96 bits per heavy atom. The highest BCUT2D eigenvalue weighted by Gasteiger charge is 2.15. The van der Waals surface area contributed by atoms with Gasteiger partial charge in [0, 0.05) is 24.0 Å². The fourth-order valence-electron chi connectivity index (χ4n) is 3.13. The molecule has 0 aliphatic heterocycles. The number of rotatable bonds is 4. The molecule has 5 heteroatoms. The molecule has 2 aromatic heterocycles. The minimum atomic E-state index is -0.131. The van der Waals surface area contributed by atoms with Crippen molar-refractivity contribution in [2.24, 2.45) is 0 Å². The van der Waals surface area contributed by atoms with Gasteiger partial charge in [0.1, 0.15) is 0 Å². The van der Waals surface area contributed by atoms with Gasteiger partial charge in [0.05, 0.1) is 11.7 Å². The van der Waals surface area contributed by atoms with E-state index >= 15 is 0 Å². The molecule has 2 heterocycles. The summed E-state index contributed by atoms with van der Waals surface area (Å²) in [7, 11) is 1.92. The highest BCUT2D eigenvalue weighted by molar-refractivity contribution is 5.94. The van der Waals surface area contributed by atoms with Crippen LogP contribution in [0.2, 0.25) is 0 Å². The number of aromatic amines is 1. The number of nitrogens with one attached hydrogen (secondary N) is 2. The average molecular weight is 330 g/mol. The second-order valence-corrected chi connectivity index (χ2v) is 5.91. The molecule has 4 aromatic rings. The molecule has 0 amide bonds. The van der Waals surface area contributed by atoms with Crippen molar-refractivity contribution in [2.45, 2.75) is 6.54 Å². The van der Waals surface area contributed by atoms with Crippen molar-refractivity contribution in [3.63, 3.8) is 0 Å². The second-order valence-electron chi connectivity index (χ2n) is 5.91. The summed E-state index contributed by atoms with van der Waals surface area (Å²) in [5, 5.41) is 3.76. The fraction of sp³-hybridized carbons (Fsp3) is 0.100. The van der Waals surface area contributed by atoms with E-state index in [4.69, 9.17) is 0 Å². The molecule has 5 nitrogen and oxygen atoms in total. The molecule has 2 N–H and O–H groups in total. The Labute approximate surface area is 145 Å². The molecular weight excluding hydrogens is 312 g/mol. The molecule has 0 fully saturated rings. The molecule has 0 saturated carbocycles. The van der Waals surface area contributed by atoms with Crippen LogP contribution in [0, 0.1) is 0 Å². The van der Waals surface area contributed by atoms with Crippen LogP contribution >= 0.6 is 0 Å². The van der Waals surface area contributed by atoms with Crippen LogP contribution in [0.3, 0.4) is 0 Å². The van der Waals surface area contributed by atoms with E-state index in [2.05, 4.69) is 27.4 Å². The lowest BCUT2D eigenvalue weighted by Crippen LogP contribution is -2.07. The van der Waals surface area contributed by atoms with E-state index in [-0.39, 0.29) is 5.56 Å². The van der Waals surface area contributed by atoms with Crippen molar-refractivity contribution in [1.82, 2.24) is 19.9 Å². The summed E-state index contributed by atoms with van der Waals surface area (Å²) in [6, 6.07) is 18.1. The first-order valence-corrected chi connectivity index (χ1v) is 8.16. The van der Waals surface area contributed by atoms with E-state index in [1.165, 1.54) is 11.9 Å². The maximum Gasteiger partial charge on any atom is 0.260 e. The Hall–Kier alpha value is -3.18. The zero-order chi connectivity index (χ0) is 17.2. The van der Waals surface area contributed by atoms with Crippen LogP contribution in [-0.2, 0) is 6.54 Å². The Kier molecular flexibility index (Phi) is 3.91. The number of benzene rings is 2. The maximum atomic E-state index is 12.5. The number of hydrogen-bond acceptors (Lipinski definition) is 3. The zero-order valence-corrected chi connectivity index (χ0v) is 13.9. The summed E-state index contributed by atoms with van der Waals surface area (Å²) in [4.78, 5) is 19.6. The minimum absolute atomic E-state index is 0.131. The smallest absolute Gasteiger partial charge is 0.260 e. The number of hydrogen-bond donors (Lipinski definition) is 2. The molecule has 124 valence electrons. The van der Waals surface area contributed by atoms with E-state index in [1.54, 1.807) is 0 Å². The van der Waals surface area contributed by atoms with Crippen LogP contribution in [-0.4, -0.2) is 21.6 Å². The van der Waals surface area contributed by atoms with Crippen LogP contribution in [0.15, 0.2) is 71.9 Å². The third-order valence-electron chi connectivity index (χ3n) is 4.24. The highest BCUT2D eigenvalue weighted by atomic mass is 16.1. The quantitative estimate of drug-likeness (QED) is 0.604. The van der Waals surface area contributed by atoms with Crippen molar-refractivity contribution >= 4 is 11.0 Å². The van der Waals surface area contributed by atoms with Gasteiger partial charge < -0.3 is 14.9 Å². The van der Waals surface area contributed by atoms with Gasteiger partial charge in [0.15, 0.2) is 5.65 Å². The number of nitrogens with zero attached hydrogens (tertiary/aromatic N) is 2. The van der Waals surface area contributed by atoms with Gasteiger partial charge >= 0.3 is 0 Å². The lowest BCUT2D eigenvalue weighted by Gasteiger charge is -2.04. The third-order valence-corrected chi connectivity index (χ3v) is 4.24. The van der Waals surface area contributed by atoms with Crippen LogP contribution in [0.25, 0.3) is 27.8 Å². The molecule has 0 unspecified atom stereocenters. The van der Waals surface area contributed by atoms with Gasteiger partial charge in [-0.2, -0.15) is 0 Å². The highest BCUT2D eigenvalue weighted by Crippen LogP contribution is 2.29. The lowest BCUT2D eigenvalue weighted by atomic mass is 10.0. The number of fused-ring (bicyclic) bond motifs is 1. The Bertz CT molecular complexity index is 1080. The van der Waals surface area contributed by atoms with Gasteiger partial charge in [-0.05, 0) is 36.4 Å². The largest absolute Gasteiger partial charge is 0.316 e. The van der Waals surface area contributed by atoms with E-state index < -0.39 is 0 Å². The summed E-state index contributed by atoms with van der Waals surface area (Å²) in [5.74, 6) is 0. The molecule has 0 radical (unpaired) electrons. The standard InChI is InChI=1S/C20H18N4O/c1-21-11-14-6-5-7-15(10-14)17-12-24(16-8-3-2-4-9-16)19-18(17)20(25)23-13-22-19/h2-10,12-13,21H,11H2,1H3,(H,22,23,25). The monoisotopic (exact) mass is 330 g/mol. The van der Waals surface area contributed by atoms with E-state index in [0.29, 0.717) is 11.0 Å². The summed E-state index contributed by atoms with van der Waals surface area (Å²) >= 11 is 0. The summed E-state index contributed by atoms with van der Waals surface area (Å²) in [6.45, 7) is 0.778. The lowest BCUT2D eigenvalue weighted by molar-refractivity contribution is 0.818. The minimum Gasteiger partial charge on any atom is -0.316 e. The van der Waals surface area contributed by atoms with Gasteiger partial charge in [0.25, 0.3) is 5.56 Å². The second kappa shape index (κ2) is 6.37. The molecule has 0 bridgehead atoms. The Morgan fingerprint density at radius 1 is 1.12 bits per heavy atom. The van der Waals surface area contributed by atoms with Crippen molar-refractivity contribution in [3.8, 4) is 16.8 Å². The molecule has 2 aromatic carbocycles. The maximum absolute atomic E-state index is 12.5. The predicted molar refractivity (Wildman–Crippen MR) is 99.9 cm³/mol. The van der Waals surface area contributed by atoms with Crippen LogP contribution in [0.1, 0.15) is 5.56 Å². The number of H-pyrrole nitrogens is 1.